The third kappa shape index (κ3) is 4.26. The fourth-order valence-corrected chi connectivity index (χ4v) is 1.52. The molecule has 1 rings (SSSR count). The quantitative estimate of drug-likeness (QED) is 0.829. The summed E-state index contributed by atoms with van der Waals surface area (Å²) in [5, 5.41) is 17.1. The lowest BCUT2D eigenvalue weighted by atomic mass is 10.2. The fourth-order valence-electron chi connectivity index (χ4n) is 1.52. The zero-order chi connectivity index (χ0) is 13.4. The number of carboxylic acid groups (broad SMARTS) is 1. The van der Waals surface area contributed by atoms with Crippen molar-refractivity contribution in [2.45, 2.75) is 19.3 Å². The van der Waals surface area contributed by atoms with E-state index in [2.05, 4.69) is 0 Å². The molecule has 1 N–H and O–H groups in total. The number of para-hydroxylation sites is 1. The molecule has 0 heterocycles. The van der Waals surface area contributed by atoms with Crippen molar-refractivity contribution >= 4 is 17.6 Å². The van der Waals surface area contributed by atoms with Gasteiger partial charge in [-0.15, -0.1) is 0 Å². The summed E-state index contributed by atoms with van der Waals surface area (Å²) in [7, 11) is 0. The number of anilines is 1. The lowest BCUT2D eigenvalue weighted by Crippen LogP contribution is -2.32. The predicted molar refractivity (Wildman–Crippen MR) is 65.9 cm³/mol. The van der Waals surface area contributed by atoms with Gasteiger partial charge in [0.05, 0.1) is 18.9 Å². The Balaban J connectivity index is 2.75. The van der Waals surface area contributed by atoms with E-state index < -0.39 is 5.97 Å². The number of carbonyl (C=O) groups excluding carboxylic acids is 1. The molecule has 94 valence electrons. The van der Waals surface area contributed by atoms with Crippen molar-refractivity contribution in [1.82, 2.24) is 0 Å². The summed E-state index contributed by atoms with van der Waals surface area (Å²) >= 11 is 0. The molecular weight excluding hydrogens is 232 g/mol. The summed E-state index contributed by atoms with van der Waals surface area (Å²) in [5.74, 6) is -1.28. The van der Waals surface area contributed by atoms with Crippen LogP contribution in [0.5, 0.6) is 0 Å². The lowest BCUT2D eigenvalue weighted by molar-refractivity contribution is -0.138. The highest BCUT2D eigenvalue weighted by atomic mass is 16.4. The van der Waals surface area contributed by atoms with Crippen LogP contribution in [0, 0.1) is 11.3 Å². The second-order valence-electron chi connectivity index (χ2n) is 3.68. The maximum absolute atomic E-state index is 11.9. The van der Waals surface area contributed by atoms with Crippen molar-refractivity contribution in [3.8, 4) is 6.07 Å². The van der Waals surface area contributed by atoms with Crippen molar-refractivity contribution in [2.24, 2.45) is 0 Å². The average molecular weight is 246 g/mol. The second-order valence-corrected chi connectivity index (χ2v) is 3.68. The van der Waals surface area contributed by atoms with Gasteiger partial charge in [0, 0.05) is 18.7 Å². The molecule has 5 nitrogen and oxygen atoms in total. The van der Waals surface area contributed by atoms with Gasteiger partial charge in [-0.3, -0.25) is 9.59 Å². The third-order valence-electron chi connectivity index (χ3n) is 2.37. The number of hydrogen-bond donors (Lipinski definition) is 1. The average Bonchev–Trinajstić information content (AvgIpc) is 2.38. The van der Waals surface area contributed by atoms with Crippen molar-refractivity contribution in [3.63, 3.8) is 0 Å². The Labute approximate surface area is 105 Å². The molecule has 0 spiro atoms. The number of benzene rings is 1. The number of aliphatic carboxylic acids is 1. The van der Waals surface area contributed by atoms with E-state index in [1.807, 2.05) is 12.1 Å². The minimum absolute atomic E-state index is 0.0599. The summed E-state index contributed by atoms with van der Waals surface area (Å²) in [6.45, 7) is 0.277. The van der Waals surface area contributed by atoms with Gasteiger partial charge >= 0.3 is 5.97 Å². The molecule has 0 aliphatic rings. The first-order chi connectivity index (χ1) is 8.65. The zero-order valence-corrected chi connectivity index (χ0v) is 9.87. The van der Waals surface area contributed by atoms with Crippen LogP contribution in [-0.4, -0.2) is 23.5 Å². The van der Waals surface area contributed by atoms with E-state index in [-0.39, 0.29) is 31.7 Å². The Morgan fingerprint density at radius 2 is 1.89 bits per heavy atom. The van der Waals surface area contributed by atoms with Crippen molar-refractivity contribution in [2.75, 3.05) is 11.4 Å². The van der Waals surface area contributed by atoms with Gasteiger partial charge in [-0.05, 0) is 12.1 Å². The first-order valence-electron chi connectivity index (χ1n) is 5.59. The number of carboxylic acids is 1. The first-order valence-corrected chi connectivity index (χ1v) is 5.59. The van der Waals surface area contributed by atoms with E-state index in [9.17, 15) is 9.59 Å². The van der Waals surface area contributed by atoms with Crippen molar-refractivity contribution in [3.05, 3.63) is 30.3 Å². The van der Waals surface area contributed by atoms with Gasteiger partial charge < -0.3 is 10.0 Å². The highest BCUT2D eigenvalue weighted by Gasteiger charge is 2.16. The Morgan fingerprint density at radius 3 is 2.44 bits per heavy atom. The number of nitriles is 1. The minimum atomic E-state index is -1.00. The topological polar surface area (TPSA) is 81.4 Å². The highest BCUT2D eigenvalue weighted by molar-refractivity contribution is 5.94. The molecule has 0 aliphatic carbocycles. The molecule has 1 amide bonds. The Hall–Kier alpha value is -2.35. The fraction of sp³-hybridized carbons (Fsp3) is 0.308. The van der Waals surface area contributed by atoms with Crippen LogP contribution in [0.25, 0.3) is 0 Å². The summed E-state index contributed by atoms with van der Waals surface area (Å²) < 4.78 is 0. The minimum Gasteiger partial charge on any atom is -0.481 e. The molecule has 0 saturated carbocycles. The Kier molecular flexibility index (Phi) is 5.39. The molecular formula is C13H14N2O3. The van der Waals surface area contributed by atoms with Gasteiger partial charge in [-0.1, -0.05) is 18.2 Å². The SMILES string of the molecule is N#CCCN(C(=O)CCC(=O)O)c1ccccc1. The predicted octanol–water partition coefficient (Wildman–Crippen LogP) is 1.80. The molecule has 18 heavy (non-hydrogen) atoms. The summed E-state index contributed by atoms with van der Waals surface area (Å²) in [6, 6.07) is 10.9. The molecule has 0 aromatic heterocycles. The first kappa shape index (κ1) is 13.7. The van der Waals surface area contributed by atoms with Crippen molar-refractivity contribution in [1.29, 1.82) is 5.26 Å². The van der Waals surface area contributed by atoms with Crippen LogP contribution < -0.4 is 4.90 Å². The highest BCUT2D eigenvalue weighted by Crippen LogP contribution is 2.15. The maximum atomic E-state index is 11.9. The van der Waals surface area contributed by atoms with Crippen LogP contribution in [0.1, 0.15) is 19.3 Å². The van der Waals surface area contributed by atoms with E-state index >= 15 is 0 Å². The van der Waals surface area contributed by atoms with Crippen LogP contribution in [0.3, 0.4) is 0 Å². The van der Waals surface area contributed by atoms with E-state index in [0.29, 0.717) is 5.69 Å². The molecule has 0 radical (unpaired) electrons. The lowest BCUT2D eigenvalue weighted by Gasteiger charge is -2.21. The maximum Gasteiger partial charge on any atom is 0.303 e. The number of hydrogen-bond acceptors (Lipinski definition) is 3. The molecule has 0 saturated heterocycles. The van der Waals surface area contributed by atoms with Gasteiger partial charge in [-0.25, -0.2) is 0 Å². The monoisotopic (exact) mass is 246 g/mol. The second kappa shape index (κ2) is 7.07. The summed E-state index contributed by atoms with van der Waals surface area (Å²) in [5.41, 5.74) is 0.683. The van der Waals surface area contributed by atoms with Crippen LogP contribution in [0.15, 0.2) is 30.3 Å². The molecule has 0 bridgehead atoms. The largest absolute Gasteiger partial charge is 0.481 e. The molecule has 1 aromatic carbocycles. The van der Waals surface area contributed by atoms with E-state index in [0.717, 1.165) is 0 Å². The van der Waals surface area contributed by atoms with Gasteiger partial charge in [0.1, 0.15) is 0 Å². The molecule has 0 fully saturated rings. The van der Waals surface area contributed by atoms with Crippen LogP contribution in [-0.2, 0) is 9.59 Å². The zero-order valence-electron chi connectivity index (χ0n) is 9.87. The normalized spacial score (nSPS) is 9.50. The van der Waals surface area contributed by atoms with Crippen molar-refractivity contribution < 1.29 is 14.7 Å². The van der Waals surface area contributed by atoms with Crippen LogP contribution in [0.2, 0.25) is 0 Å². The Morgan fingerprint density at radius 1 is 1.22 bits per heavy atom. The molecule has 0 unspecified atom stereocenters. The number of carbonyl (C=O) groups is 2. The standard InChI is InChI=1S/C13H14N2O3/c14-9-4-10-15(11-5-2-1-3-6-11)12(16)7-8-13(17)18/h1-3,5-6H,4,7-8,10H2,(H,17,18). The number of rotatable bonds is 6. The van der Waals surface area contributed by atoms with Gasteiger partial charge in [-0.2, -0.15) is 5.26 Å². The van der Waals surface area contributed by atoms with E-state index in [4.69, 9.17) is 10.4 Å². The summed E-state index contributed by atoms with van der Waals surface area (Å²) in [4.78, 5) is 23.8. The molecule has 0 atom stereocenters. The van der Waals surface area contributed by atoms with Gasteiger partial charge in [0.15, 0.2) is 0 Å². The molecule has 5 heteroatoms. The van der Waals surface area contributed by atoms with Crippen LogP contribution >= 0.6 is 0 Å². The smallest absolute Gasteiger partial charge is 0.303 e. The van der Waals surface area contributed by atoms with E-state index in [1.165, 1.54) is 4.90 Å². The number of nitrogens with zero attached hydrogens (tertiary/aromatic N) is 2. The Bertz CT molecular complexity index is 451. The van der Waals surface area contributed by atoms with Crippen LogP contribution in [0.4, 0.5) is 5.69 Å². The summed E-state index contributed by atoms with van der Waals surface area (Å²) in [6.07, 6.45) is -0.0436. The number of amides is 1. The third-order valence-corrected chi connectivity index (χ3v) is 2.37. The van der Waals surface area contributed by atoms with E-state index in [1.54, 1.807) is 24.3 Å². The van der Waals surface area contributed by atoms with Gasteiger partial charge in [0.25, 0.3) is 0 Å². The molecule has 0 aliphatic heterocycles. The van der Waals surface area contributed by atoms with Gasteiger partial charge in [0.2, 0.25) is 5.91 Å². The molecule has 1 aromatic rings.